The molecule has 1 amide bonds. The van der Waals surface area contributed by atoms with Crippen LogP contribution in [0.2, 0.25) is 0 Å². The smallest absolute Gasteiger partial charge is 0.258 e. The van der Waals surface area contributed by atoms with Crippen molar-refractivity contribution in [1.82, 2.24) is 0 Å². The largest absolute Gasteiger partial charge is 0.506 e. The number of carbonyl (C=O) groups excluding carboxylic acids is 1. The number of phenolic OH excluding ortho intramolecular Hbond substituents is 1. The number of nitrogens with one attached hydrogen (secondary N) is 1. The number of aromatic hydroxyl groups is 1. The maximum absolute atomic E-state index is 11.7. The fourth-order valence-electron chi connectivity index (χ4n) is 1.12. The maximum Gasteiger partial charge on any atom is 0.258 e. The predicted octanol–water partition coefficient (Wildman–Crippen LogP) is 1.64. The molecule has 1 rings (SSSR count). The lowest BCUT2D eigenvalue weighted by Crippen LogP contribution is -2.16. The first-order valence-electron chi connectivity index (χ1n) is 4.72. The lowest BCUT2D eigenvalue weighted by molar-refractivity contribution is -0.112. The molecule has 5 nitrogen and oxygen atoms in total. The summed E-state index contributed by atoms with van der Waals surface area (Å²) >= 11 is 3.24. The van der Waals surface area contributed by atoms with E-state index in [9.17, 15) is 9.90 Å². The van der Waals surface area contributed by atoms with Crippen molar-refractivity contribution in [2.24, 2.45) is 10.7 Å². The second kappa shape index (κ2) is 6.05. The van der Waals surface area contributed by atoms with Gasteiger partial charge in [0, 0.05) is 23.9 Å². The van der Waals surface area contributed by atoms with Crippen LogP contribution in [-0.4, -0.2) is 24.3 Å². The number of hydrogen-bond donors (Lipinski definition) is 3. The van der Waals surface area contributed by atoms with E-state index in [1.807, 2.05) is 0 Å². The zero-order valence-corrected chi connectivity index (χ0v) is 10.7. The van der Waals surface area contributed by atoms with Crippen LogP contribution >= 0.6 is 15.9 Å². The molecule has 0 radical (unpaired) electrons. The van der Waals surface area contributed by atoms with Crippen LogP contribution in [0.4, 0.5) is 5.69 Å². The van der Waals surface area contributed by atoms with E-state index in [4.69, 9.17) is 5.73 Å². The molecule has 0 atom stereocenters. The topological polar surface area (TPSA) is 87.7 Å². The molecule has 1 aromatic rings. The van der Waals surface area contributed by atoms with E-state index < -0.39 is 5.91 Å². The lowest BCUT2D eigenvalue weighted by atomic mass is 10.2. The van der Waals surface area contributed by atoms with E-state index in [0.717, 1.165) is 10.7 Å². The van der Waals surface area contributed by atoms with Crippen molar-refractivity contribution in [2.45, 2.75) is 0 Å². The molecule has 17 heavy (non-hydrogen) atoms. The molecule has 0 aromatic heterocycles. The number of hydrogen-bond acceptors (Lipinski definition) is 4. The van der Waals surface area contributed by atoms with E-state index in [1.54, 1.807) is 12.1 Å². The van der Waals surface area contributed by atoms with E-state index in [1.165, 1.54) is 19.3 Å². The molecule has 0 aliphatic rings. The Labute approximate surface area is 107 Å². The Balaban J connectivity index is 2.91. The zero-order valence-electron chi connectivity index (χ0n) is 9.14. The molecule has 0 aliphatic heterocycles. The van der Waals surface area contributed by atoms with Crippen molar-refractivity contribution in [3.05, 3.63) is 34.4 Å². The maximum atomic E-state index is 11.7. The van der Waals surface area contributed by atoms with E-state index >= 15 is 0 Å². The Bertz CT molecular complexity index is 484. The highest BCUT2D eigenvalue weighted by Gasteiger charge is 2.10. The van der Waals surface area contributed by atoms with Crippen LogP contribution in [0.25, 0.3) is 0 Å². The van der Waals surface area contributed by atoms with Gasteiger partial charge >= 0.3 is 0 Å². The van der Waals surface area contributed by atoms with Crippen molar-refractivity contribution in [1.29, 1.82) is 0 Å². The molecular weight excluding hydrogens is 286 g/mol. The van der Waals surface area contributed by atoms with Gasteiger partial charge in [0.2, 0.25) is 0 Å². The number of aliphatic imine (C=N–C) groups is 1. The van der Waals surface area contributed by atoms with E-state index in [2.05, 4.69) is 26.2 Å². The number of halogens is 1. The second-order valence-corrected chi connectivity index (χ2v) is 4.04. The Morgan fingerprint density at radius 2 is 2.29 bits per heavy atom. The minimum atomic E-state index is -0.438. The number of anilines is 1. The molecule has 0 heterocycles. The quantitative estimate of drug-likeness (QED) is 0.450. The molecule has 0 saturated carbocycles. The zero-order chi connectivity index (χ0) is 12.8. The summed E-state index contributed by atoms with van der Waals surface area (Å²) in [4.78, 5) is 15.4. The molecule has 0 fully saturated rings. The van der Waals surface area contributed by atoms with Crippen LogP contribution in [0.15, 0.2) is 39.4 Å². The van der Waals surface area contributed by atoms with Gasteiger partial charge in [-0.25, -0.2) is 0 Å². The summed E-state index contributed by atoms with van der Waals surface area (Å²) in [6.07, 6.45) is 2.49. The Kier molecular flexibility index (Phi) is 4.71. The Morgan fingerprint density at radius 1 is 1.59 bits per heavy atom. The number of rotatable bonds is 3. The highest BCUT2D eigenvalue weighted by atomic mass is 79.9. The Hall–Kier alpha value is -1.82. The molecule has 0 unspecified atom stereocenters. The minimum absolute atomic E-state index is 0.0219. The van der Waals surface area contributed by atoms with Crippen molar-refractivity contribution < 1.29 is 9.90 Å². The molecule has 0 aliphatic carbocycles. The highest BCUT2D eigenvalue weighted by Crippen LogP contribution is 2.26. The summed E-state index contributed by atoms with van der Waals surface area (Å²) in [5, 5.41) is 12.1. The minimum Gasteiger partial charge on any atom is -0.506 e. The van der Waals surface area contributed by atoms with Gasteiger partial charge in [-0.05, 0) is 18.2 Å². The number of nitrogens with two attached hydrogens (primary N) is 1. The summed E-state index contributed by atoms with van der Waals surface area (Å²) in [6, 6.07) is 4.72. The standard InChI is InChI=1S/C11H12BrN3O2/c1-14-6-7(5-13)11(17)15-9-4-8(12)2-3-10(9)16/h2-6,16H,13H2,1H3,(H,15,17). The molecule has 90 valence electrons. The van der Waals surface area contributed by atoms with Gasteiger partial charge in [-0.15, -0.1) is 0 Å². The van der Waals surface area contributed by atoms with Gasteiger partial charge in [0.1, 0.15) is 5.75 Å². The average Bonchev–Trinajstić information content (AvgIpc) is 2.30. The number of nitrogens with zero attached hydrogens (tertiary/aromatic N) is 1. The number of benzene rings is 1. The molecule has 0 bridgehead atoms. The number of carbonyl (C=O) groups is 1. The van der Waals surface area contributed by atoms with E-state index in [-0.39, 0.29) is 11.3 Å². The third-order valence-corrected chi connectivity index (χ3v) is 2.41. The molecule has 6 heteroatoms. The van der Waals surface area contributed by atoms with Crippen molar-refractivity contribution in [3.63, 3.8) is 0 Å². The van der Waals surface area contributed by atoms with E-state index in [0.29, 0.717) is 5.69 Å². The lowest BCUT2D eigenvalue weighted by Gasteiger charge is -2.07. The van der Waals surface area contributed by atoms with Crippen molar-refractivity contribution in [2.75, 3.05) is 12.4 Å². The van der Waals surface area contributed by atoms with Crippen molar-refractivity contribution >= 4 is 33.7 Å². The van der Waals surface area contributed by atoms with Crippen LogP contribution in [-0.2, 0) is 4.79 Å². The first-order valence-corrected chi connectivity index (χ1v) is 5.51. The van der Waals surface area contributed by atoms with Crippen LogP contribution in [0.5, 0.6) is 5.75 Å². The molecule has 0 saturated heterocycles. The Morgan fingerprint density at radius 3 is 2.88 bits per heavy atom. The van der Waals surface area contributed by atoms with Crippen LogP contribution in [0, 0.1) is 0 Å². The first-order chi connectivity index (χ1) is 8.08. The van der Waals surface area contributed by atoms with Gasteiger partial charge < -0.3 is 16.2 Å². The summed E-state index contributed by atoms with van der Waals surface area (Å²) in [6.45, 7) is 0. The predicted molar refractivity (Wildman–Crippen MR) is 71.1 cm³/mol. The SMILES string of the molecule is CN=CC(=CN)C(=O)Nc1cc(Br)ccc1O. The van der Waals surface area contributed by atoms with Crippen LogP contribution in [0.3, 0.4) is 0 Å². The fourth-order valence-corrected chi connectivity index (χ4v) is 1.48. The van der Waals surface area contributed by atoms with Crippen LogP contribution < -0.4 is 11.1 Å². The summed E-state index contributed by atoms with van der Waals surface area (Å²) in [7, 11) is 1.54. The first kappa shape index (κ1) is 13.2. The summed E-state index contributed by atoms with van der Waals surface area (Å²) in [5.74, 6) is -0.460. The number of phenols is 1. The van der Waals surface area contributed by atoms with Crippen molar-refractivity contribution in [3.8, 4) is 5.75 Å². The van der Waals surface area contributed by atoms with Gasteiger partial charge in [-0.3, -0.25) is 9.79 Å². The third-order valence-electron chi connectivity index (χ3n) is 1.92. The summed E-state index contributed by atoms with van der Waals surface area (Å²) < 4.78 is 0.744. The van der Waals surface area contributed by atoms with Gasteiger partial charge in [-0.1, -0.05) is 15.9 Å². The third kappa shape index (κ3) is 3.60. The molecule has 0 spiro atoms. The number of amides is 1. The second-order valence-electron chi connectivity index (χ2n) is 3.12. The monoisotopic (exact) mass is 297 g/mol. The normalized spacial score (nSPS) is 11.8. The summed E-state index contributed by atoms with van der Waals surface area (Å²) in [5.41, 5.74) is 5.81. The molecular formula is C11H12BrN3O2. The van der Waals surface area contributed by atoms with Crippen LogP contribution in [0.1, 0.15) is 0 Å². The van der Waals surface area contributed by atoms with Gasteiger partial charge in [0.15, 0.2) is 0 Å². The fraction of sp³-hybridized carbons (Fsp3) is 0.0909. The van der Waals surface area contributed by atoms with Gasteiger partial charge in [0.25, 0.3) is 5.91 Å². The molecule has 4 N–H and O–H groups in total. The highest BCUT2D eigenvalue weighted by molar-refractivity contribution is 9.10. The molecule has 1 aromatic carbocycles. The van der Waals surface area contributed by atoms with Gasteiger partial charge in [0.05, 0.1) is 11.3 Å². The van der Waals surface area contributed by atoms with Gasteiger partial charge in [-0.2, -0.15) is 0 Å². The average molecular weight is 298 g/mol.